The van der Waals surface area contributed by atoms with Gasteiger partial charge in [0.05, 0.1) is 0 Å². The van der Waals surface area contributed by atoms with E-state index in [0.717, 1.165) is 32.2 Å². The molecule has 1 rings (SSSR count). The fourth-order valence-corrected chi connectivity index (χ4v) is 2.22. The Labute approximate surface area is 115 Å². The first-order chi connectivity index (χ1) is 9.00. The van der Waals surface area contributed by atoms with Crippen molar-refractivity contribution >= 4 is 12.0 Å². The standard InChI is InChI=1S/C14H26N2O3/c1-4-7-10-16(11-8-9-11)13(19)15-14(5-2,6-3)12(17)18/h11H,4-10H2,1-3H3,(H,15,19)(H,17,18). The number of rotatable bonds is 8. The molecule has 5 heteroatoms. The van der Waals surface area contributed by atoms with Gasteiger partial charge in [-0.3, -0.25) is 0 Å². The number of carbonyl (C=O) groups excluding carboxylic acids is 1. The lowest BCUT2D eigenvalue weighted by Gasteiger charge is -2.32. The molecule has 19 heavy (non-hydrogen) atoms. The highest BCUT2D eigenvalue weighted by Crippen LogP contribution is 2.28. The first-order valence-electron chi connectivity index (χ1n) is 7.32. The number of hydrogen-bond acceptors (Lipinski definition) is 2. The van der Waals surface area contributed by atoms with Crippen molar-refractivity contribution in [2.24, 2.45) is 0 Å². The fraction of sp³-hybridized carbons (Fsp3) is 0.857. The van der Waals surface area contributed by atoms with Crippen LogP contribution in [0, 0.1) is 0 Å². The van der Waals surface area contributed by atoms with Gasteiger partial charge in [0.2, 0.25) is 0 Å². The summed E-state index contributed by atoms with van der Waals surface area (Å²) >= 11 is 0. The van der Waals surface area contributed by atoms with Crippen molar-refractivity contribution in [2.75, 3.05) is 6.54 Å². The third-order valence-corrected chi connectivity index (χ3v) is 3.96. The Bertz CT molecular complexity index is 323. The Morgan fingerprint density at radius 3 is 2.21 bits per heavy atom. The minimum absolute atomic E-state index is 0.220. The third kappa shape index (κ3) is 3.85. The lowest BCUT2D eigenvalue weighted by Crippen LogP contribution is -2.57. The van der Waals surface area contributed by atoms with Crippen molar-refractivity contribution in [1.29, 1.82) is 0 Å². The zero-order valence-electron chi connectivity index (χ0n) is 12.2. The normalized spacial score (nSPS) is 15.1. The summed E-state index contributed by atoms with van der Waals surface area (Å²) in [5.41, 5.74) is -1.13. The van der Waals surface area contributed by atoms with Crippen LogP contribution in [-0.4, -0.2) is 40.1 Å². The van der Waals surface area contributed by atoms with Crippen LogP contribution in [-0.2, 0) is 4.79 Å². The van der Waals surface area contributed by atoms with E-state index in [1.165, 1.54) is 0 Å². The highest BCUT2D eigenvalue weighted by atomic mass is 16.4. The van der Waals surface area contributed by atoms with Crippen molar-refractivity contribution in [3.63, 3.8) is 0 Å². The van der Waals surface area contributed by atoms with Crippen molar-refractivity contribution in [2.45, 2.75) is 70.9 Å². The number of unbranched alkanes of at least 4 members (excludes halogenated alkanes) is 1. The minimum Gasteiger partial charge on any atom is -0.480 e. The average Bonchev–Trinajstić information content (AvgIpc) is 3.20. The Kier molecular flexibility index (Phi) is 5.63. The largest absolute Gasteiger partial charge is 0.480 e. The molecule has 2 amide bonds. The molecule has 0 unspecified atom stereocenters. The average molecular weight is 270 g/mol. The maximum atomic E-state index is 12.3. The third-order valence-electron chi connectivity index (χ3n) is 3.96. The predicted octanol–water partition coefficient (Wildman–Crippen LogP) is 2.60. The van der Waals surface area contributed by atoms with Crippen LogP contribution in [0.5, 0.6) is 0 Å². The Morgan fingerprint density at radius 1 is 1.26 bits per heavy atom. The molecule has 0 aromatic heterocycles. The van der Waals surface area contributed by atoms with Crippen LogP contribution in [0.25, 0.3) is 0 Å². The Morgan fingerprint density at radius 2 is 1.84 bits per heavy atom. The molecule has 1 saturated carbocycles. The van der Waals surface area contributed by atoms with Crippen LogP contribution < -0.4 is 5.32 Å². The van der Waals surface area contributed by atoms with Crippen molar-refractivity contribution in [1.82, 2.24) is 10.2 Å². The van der Waals surface area contributed by atoms with E-state index < -0.39 is 11.5 Å². The second kappa shape index (κ2) is 6.78. The number of carboxylic acids is 1. The summed E-state index contributed by atoms with van der Waals surface area (Å²) in [6.07, 6.45) is 4.86. The number of carbonyl (C=O) groups is 2. The number of nitrogens with one attached hydrogen (secondary N) is 1. The van der Waals surface area contributed by atoms with Crippen LogP contribution in [0.2, 0.25) is 0 Å². The van der Waals surface area contributed by atoms with E-state index in [-0.39, 0.29) is 6.03 Å². The van der Waals surface area contributed by atoms with Gasteiger partial charge >= 0.3 is 12.0 Å². The van der Waals surface area contributed by atoms with Gasteiger partial charge in [-0.05, 0) is 32.1 Å². The lowest BCUT2D eigenvalue weighted by atomic mass is 9.93. The predicted molar refractivity (Wildman–Crippen MR) is 74.1 cm³/mol. The lowest BCUT2D eigenvalue weighted by molar-refractivity contribution is -0.144. The number of hydrogen-bond donors (Lipinski definition) is 2. The quantitative estimate of drug-likeness (QED) is 0.712. The zero-order chi connectivity index (χ0) is 14.5. The summed E-state index contributed by atoms with van der Waals surface area (Å²) in [6.45, 7) is 6.40. The first kappa shape index (κ1) is 15.8. The molecule has 0 aliphatic heterocycles. The molecule has 5 nitrogen and oxygen atoms in total. The number of aliphatic carboxylic acids is 1. The molecule has 0 saturated heterocycles. The molecular weight excluding hydrogens is 244 g/mol. The summed E-state index contributed by atoms with van der Waals surface area (Å²) in [5.74, 6) is -0.947. The molecule has 1 aliphatic rings. The summed E-state index contributed by atoms with van der Waals surface area (Å²) in [6, 6.07) is 0.0915. The molecule has 1 fully saturated rings. The van der Waals surface area contributed by atoms with Crippen molar-refractivity contribution in [3.8, 4) is 0 Å². The molecule has 0 aromatic carbocycles. The van der Waals surface area contributed by atoms with E-state index >= 15 is 0 Å². The molecule has 0 spiro atoms. The van der Waals surface area contributed by atoms with Gasteiger partial charge in [0, 0.05) is 12.6 Å². The summed E-state index contributed by atoms with van der Waals surface area (Å²) in [4.78, 5) is 25.5. The van der Waals surface area contributed by atoms with Gasteiger partial charge < -0.3 is 15.3 Å². The second-order valence-electron chi connectivity index (χ2n) is 5.30. The van der Waals surface area contributed by atoms with E-state index in [0.29, 0.717) is 18.9 Å². The van der Waals surface area contributed by atoms with E-state index in [9.17, 15) is 14.7 Å². The van der Waals surface area contributed by atoms with Gasteiger partial charge in [0.15, 0.2) is 0 Å². The maximum absolute atomic E-state index is 12.3. The van der Waals surface area contributed by atoms with Crippen LogP contribution in [0.15, 0.2) is 0 Å². The fourth-order valence-electron chi connectivity index (χ4n) is 2.22. The second-order valence-corrected chi connectivity index (χ2v) is 5.30. The monoisotopic (exact) mass is 270 g/mol. The number of nitrogens with zero attached hydrogens (tertiary/aromatic N) is 1. The molecule has 2 N–H and O–H groups in total. The van der Waals surface area contributed by atoms with E-state index in [1.807, 2.05) is 4.90 Å². The summed E-state index contributed by atoms with van der Waals surface area (Å²) in [5, 5.41) is 12.1. The SMILES string of the molecule is CCCCN(C(=O)NC(CC)(CC)C(=O)O)C1CC1. The smallest absolute Gasteiger partial charge is 0.329 e. The molecule has 0 heterocycles. The van der Waals surface area contributed by atoms with Crippen LogP contribution in [0.3, 0.4) is 0 Å². The Hall–Kier alpha value is -1.26. The van der Waals surface area contributed by atoms with E-state index in [4.69, 9.17) is 0 Å². The number of urea groups is 1. The van der Waals surface area contributed by atoms with Gasteiger partial charge in [-0.1, -0.05) is 27.2 Å². The molecule has 1 aliphatic carbocycles. The first-order valence-corrected chi connectivity index (χ1v) is 7.32. The van der Waals surface area contributed by atoms with Gasteiger partial charge in [0.25, 0.3) is 0 Å². The van der Waals surface area contributed by atoms with Gasteiger partial charge in [-0.2, -0.15) is 0 Å². The molecule has 110 valence electrons. The highest BCUT2D eigenvalue weighted by Gasteiger charge is 2.40. The molecule has 0 radical (unpaired) electrons. The molecule has 0 bridgehead atoms. The van der Waals surface area contributed by atoms with Crippen LogP contribution in [0.4, 0.5) is 4.79 Å². The molecule has 0 atom stereocenters. The zero-order valence-corrected chi connectivity index (χ0v) is 12.2. The van der Waals surface area contributed by atoms with Gasteiger partial charge in [-0.15, -0.1) is 0 Å². The summed E-state index contributed by atoms with van der Waals surface area (Å²) < 4.78 is 0. The number of carboxylic acid groups (broad SMARTS) is 1. The van der Waals surface area contributed by atoms with Crippen LogP contribution in [0.1, 0.15) is 59.3 Å². The minimum atomic E-state index is -1.13. The molecule has 0 aromatic rings. The van der Waals surface area contributed by atoms with Gasteiger partial charge in [-0.25, -0.2) is 9.59 Å². The Balaban J connectivity index is 2.70. The van der Waals surface area contributed by atoms with Crippen molar-refractivity contribution in [3.05, 3.63) is 0 Å². The highest BCUT2D eigenvalue weighted by molar-refractivity contribution is 5.86. The van der Waals surface area contributed by atoms with Crippen molar-refractivity contribution < 1.29 is 14.7 Å². The van der Waals surface area contributed by atoms with E-state index in [1.54, 1.807) is 13.8 Å². The maximum Gasteiger partial charge on any atom is 0.329 e. The summed E-state index contributed by atoms with van der Waals surface area (Å²) in [7, 11) is 0. The van der Waals surface area contributed by atoms with E-state index in [2.05, 4.69) is 12.2 Å². The van der Waals surface area contributed by atoms with Gasteiger partial charge in [0.1, 0.15) is 5.54 Å². The van der Waals surface area contributed by atoms with Crippen LogP contribution >= 0.6 is 0 Å². The topological polar surface area (TPSA) is 69.6 Å². The number of amides is 2. The molecular formula is C14H26N2O3.